The van der Waals surface area contributed by atoms with Gasteiger partial charge >= 0.3 is 0 Å². The molecular weight excluding hydrogens is 330 g/mol. The van der Waals surface area contributed by atoms with Gasteiger partial charge in [-0.15, -0.1) is 5.10 Å². The van der Waals surface area contributed by atoms with Crippen molar-refractivity contribution >= 4 is 34.7 Å². The summed E-state index contributed by atoms with van der Waals surface area (Å²) in [5, 5.41) is 6.07. The fourth-order valence-electron chi connectivity index (χ4n) is 2.68. The van der Waals surface area contributed by atoms with Crippen LogP contribution in [0.25, 0.3) is 33.6 Å². The van der Waals surface area contributed by atoms with Gasteiger partial charge in [-0.3, -0.25) is 0 Å². The maximum absolute atomic E-state index is 6.19. The van der Waals surface area contributed by atoms with E-state index in [0.29, 0.717) is 15.8 Å². The number of nitrogens with zero attached hydrogens (tertiary/aromatic N) is 2. The Bertz CT molecular complexity index is 1060. The van der Waals surface area contributed by atoms with Crippen LogP contribution in [0, 0.1) is 4.84 Å². The fourth-order valence-corrected chi connectivity index (χ4v) is 2.97. The number of H-pyrrole nitrogens is 1. The molecule has 0 atom stereocenters. The zero-order valence-electron chi connectivity index (χ0n) is 12.2. The largest absolute Gasteiger partial charge is 0.408 e. The van der Waals surface area contributed by atoms with Crippen LogP contribution in [0.1, 0.15) is 0 Å². The van der Waals surface area contributed by atoms with Crippen LogP contribution in [0.2, 0.25) is 5.02 Å². The summed E-state index contributed by atoms with van der Waals surface area (Å²) >= 11 is 11.3. The van der Waals surface area contributed by atoms with Crippen LogP contribution < -0.4 is 0 Å². The summed E-state index contributed by atoms with van der Waals surface area (Å²) in [6.45, 7) is 0. The highest BCUT2D eigenvalue weighted by Crippen LogP contribution is 2.38. The van der Waals surface area contributed by atoms with Gasteiger partial charge in [0.05, 0.1) is 0 Å². The van der Waals surface area contributed by atoms with Crippen molar-refractivity contribution in [1.29, 1.82) is 0 Å². The van der Waals surface area contributed by atoms with Crippen molar-refractivity contribution in [2.45, 2.75) is 0 Å². The molecule has 4 rings (SSSR count). The number of nitrogens with one attached hydrogen (secondary N) is 1. The summed E-state index contributed by atoms with van der Waals surface area (Å²) in [4.78, 5) is 3.70. The molecule has 0 spiro atoms. The predicted octanol–water partition coefficient (Wildman–Crippen LogP) is 5.21. The van der Waals surface area contributed by atoms with Crippen molar-refractivity contribution in [3.63, 3.8) is 0 Å². The molecular formula is C17H12ClN3OS. The van der Waals surface area contributed by atoms with Crippen LogP contribution in [-0.2, 0) is 7.05 Å². The lowest BCUT2D eigenvalue weighted by Crippen LogP contribution is -1.90. The number of hydrogen-bond acceptors (Lipinski definition) is 3. The molecule has 4 aromatic rings. The highest BCUT2D eigenvalue weighted by molar-refractivity contribution is 7.71. The molecule has 2 aromatic heterocycles. The third-order valence-corrected chi connectivity index (χ3v) is 4.31. The molecule has 0 bridgehead atoms. The molecule has 0 saturated carbocycles. The number of aromatic amines is 1. The Hall–Kier alpha value is -2.37. The van der Waals surface area contributed by atoms with E-state index in [9.17, 15) is 0 Å². The summed E-state index contributed by atoms with van der Waals surface area (Å²) in [6, 6.07) is 15.8. The molecule has 2 aromatic carbocycles. The summed E-state index contributed by atoms with van der Waals surface area (Å²) in [7, 11) is 1.76. The molecule has 0 radical (unpaired) electrons. The lowest BCUT2D eigenvalue weighted by atomic mass is 10.0. The quantitative estimate of drug-likeness (QED) is 0.509. The Kier molecular flexibility index (Phi) is 3.32. The second kappa shape index (κ2) is 5.37. The van der Waals surface area contributed by atoms with Crippen molar-refractivity contribution in [2.24, 2.45) is 7.05 Å². The SMILES string of the molecule is Cn1nc(-c2[nH]c3ccc(Cl)cc3c2-c2ccccc2)oc1=S. The van der Waals surface area contributed by atoms with Crippen molar-refractivity contribution in [1.82, 2.24) is 14.8 Å². The Labute approximate surface area is 142 Å². The molecule has 0 saturated heterocycles. The van der Waals surface area contributed by atoms with Gasteiger partial charge in [0.25, 0.3) is 10.7 Å². The van der Waals surface area contributed by atoms with E-state index in [0.717, 1.165) is 27.7 Å². The number of hydrogen-bond donors (Lipinski definition) is 1. The van der Waals surface area contributed by atoms with Crippen LogP contribution in [0.15, 0.2) is 52.9 Å². The molecule has 1 N–H and O–H groups in total. The summed E-state index contributed by atoms with van der Waals surface area (Å²) in [6.07, 6.45) is 0. The molecule has 2 heterocycles. The number of fused-ring (bicyclic) bond motifs is 1. The van der Waals surface area contributed by atoms with Crippen molar-refractivity contribution in [2.75, 3.05) is 0 Å². The van der Waals surface area contributed by atoms with Gasteiger partial charge in [-0.1, -0.05) is 41.9 Å². The Morgan fingerprint density at radius 3 is 2.65 bits per heavy atom. The average Bonchev–Trinajstić information content (AvgIpc) is 3.08. The van der Waals surface area contributed by atoms with Gasteiger partial charge in [-0.05, 0) is 36.0 Å². The lowest BCUT2D eigenvalue weighted by molar-refractivity contribution is 0.533. The average molecular weight is 342 g/mol. The van der Waals surface area contributed by atoms with Gasteiger partial charge in [0.2, 0.25) is 0 Å². The van der Waals surface area contributed by atoms with Crippen molar-refractivity contribution in [3.8, 4) is 22.7 Å². The van der Waals surface area contributed by atoms with Gasteiger partial charge in [-0.25, -0.2) is 4.68 Å². The van der Waals surface area contributed by atoms with Crippen LogP contribution in [0.4, 0.5) is 0 Å². The molecule has 0 aliphatic rings. The normalized spacial score (nSPS) is 11.2. The molecule has 0 aliphatic carbocycles. The van der Waals surface area contributed by atoms with Crippen LogP contribution in [-0.4, -0.2) is 14.8 Å². The van der Waals surface area contributed by atoms with Gasteiger partial charge < -0.3 is 9.40 Å². The van der Waals surface area contributed by atoms with E-state index < -0.39 is 0 Å². The number of aromatic nitrogens is 3. The molecule has 4 nitrogen and oxygen atoms in total. The molecule has 0 amide bonds. The Balaban J connectivity index is 2.09. The van der Waals surface area contributed by atoms with E-state index in [4.69, 9.17) is 28.2 Å². The van der Waals surface area contributed by atoms with E-state index in [1.165, 1.54) is 4.68 Å². The van der Waals surface area contributed by atoms with E-state index >= 15 is 0 Å². The molecule has 6 heteroatoms. The number of benzene rings is 2. The summed E-state index contributed by atoms with van der Waals surface area (Å²) in [5.41, 5.74) is 3.82. The van der Waals surface area contributed by atoms with E-state index in [2.05, 4.69) is 10.1 Å². The third-order valence-electron chi connectivity index (χ3n) is 3.73. The third kappa shape index (κ3) is 2.38. The molecule has 0 unspecified atom stereocenters. The van der Waals surface area contributed by atoms with E-state index in [1.807, 2.05) is 48.5 Å². The lowest BCUT2D eigenvalue weighted by Gasteiger charge is -2.02. The number of rotatable bonds is 2. The highest BCUT2D eigenvalue weighted by Gasteiger charge is 2.19. The fraction of sp³-hybridized carbons (Fsp3) is 0.0588. The van der Waals surface area contributed by atoms with Gasteiger partial charge in [0.1, 0.15) is 5.69 Å². The van der Waals surface area contributed by atoms with Crippen LogP contribution in [0.3, 0.4) is 0 Å². The van der Waals surface area contributed by atoms with E-state index in [-0.39, 0.29) is 0 Å². The summed E-state index contributed by atoms with van der Waals surface area (Å²) in [5.74, 6) is 0.462. The molecule has 23 heavy (non-hydrogen) atoms. The standard InChI is InChI=1S/C17H12ClN3OS/c1-21-17(23)22-16(20-21)15-14(10-5-3-2-4-6-10)12-9-11(18)7-8-13(12)19-15/h2-9,19H,1H3. The zero-order chi connectivity index (χ0) is 16.0. The molecule has 114 valence electrons. The number of aryl methyl sites for hydroxylation is 1. The maximum atomic E-state index is 6.19. The minimum atomic E-state index is 0.329. The zero-order valence-corrected chi connectivity index (χ0v) is 13.8. The predicted molar refractivity (Wildman–Crippen MR) is 94.0 cm³/mol. The maximum Gasteiger partial charge on any atom is 0.287 e. The smallest absolute Gasteiger partial charge is 0.287 e. The second-order valence-corrected chi connectivity index (χ2v) is 6.01. The van der Waals surface area contributed by atoms with Crippen LogP contribution in [0.5, 0.6) is 0 Å². The van der Waals surface area contributed by atoms with Crippen LogP contribution >= 0.6 is 23.8 Å². The Morgan fingerprint density at radius 2 is 1.96 bits per heavy atom. The number of halogens is 1. The van der Waals surface area contributed by atoms with Crippen molar-refractivity contribution < 1.29 is 4.42 Å². The van der Waals surface area contributed by atoms with Crippen molar-refractivity contribution in [3.05, 3.63) is 58.4 Å². The van der Waals surface area contributed by atoms with Gasteiger partial charge in [0.15, 0.2) is 0 Å². The topological polar surface area (TPSA) is 46.8 Å². The monoisotopic (exact) mass is 341 g/mol. The van der Waals surface area contributed by atoms with Gasteiger partial charge in [-0.2, -0.15) is 0 Å². The highest BCUT2D eigenvalue weighted by atomic mass is 35.5. The minimum absolute atomic E-state index is 0.329. The minimum Gasteiger partial charge on any atom is -0.408 e. The first-order valence-corrected chi connectivity index (χ1v) is 7.83. The first-order valence-electron chi connectivity index (χ1n) is 7.04. The second-order valence-electron chi connectivity index (χ2n) is 5.23. The summed E-state index contributed by atoms with van der Waals surface area (Å²) < 4.78 is 7.16. The van der Waals surface area contributed by atoms with E-state index in [1.54, 1.807) is 7.05 Å². The first-order chi connectivity index (χ1) is 11.1. The molecule has 0 aliphatic heterocycles. The molecule has 0 fully saturated rings. The first kappa shape index (κ1) is 14.2. The van der Waals surface area contributed by atoms with Gasteiger partial charge in [0, 0.05) is 28.5 Å². The Morgan fingerprint density at radius 1 is 1.17 bits per heavy atom.